The summed E-state index contributed by atoms with van der Waals surface area (Å²) in [6.45, 7) is 1.98. The quantitative estimate of drug-likeness (QED) is 0.551. The Kier molecular flexibility index (Phi) is 7.82. The molecular formula is C14H28O4. The van der Waals surface area contributed by atoms with Gasteiger partial charge in [-0.1, -0.05) is 51.9 Å². The Labute approximate surface area is 110 Å². The number of rotatable bonds is 9. The molecule has 0 radical (unpaired) electrons. The maximum absolute atomic E-state index is 9.75. The van der Waals surface area contributed by atoms with Gasteiger partial charge in [0.05, 0.1) is 12.7 Å². The Bertz CT molecular complexity index is 210. The minimum atomic E-state index is -0.940. The van der Waals surface area contributed by atoms with Crippen molar-refractivity contribution < 1.29 is 20.1 Å². The van der Waals surface area contributed by atoms with Crippen molar-refractivity contribution in [2.24, 2.45) is 0 Å². The highest BCUT2D eigenvalue weighted by Crippen LogP contribution is 2.25. The van der Waals surface area contributed by atoms with Crippen molar-refractivity contribution in [2.45, 2.75) is 82.7 Å². The Balaban J connectivity index is 2.05. The molecule has 4 heteroatoms. The Morgan fingerprint density at radius 1 is 0.833 bits per heavy atom. The van der Waals surface area contributed by atoms with Crippen LogP contribution in [0.5, 0.6) is 0 Å². The summed E-state index contributed by atoms with van der Waals surface area (Å²) in [7, 11) is 0. The van der Waals surface area contributed by atoms with Crippen LogP contribution in [0, 0.1) is 0 Å². The Hall–Kier alpha value is -0.160. The predicted molar refractivity (Wildman–Crippen MR) is 70.4 cm³/mol. The van der Waals surface area contributed by atoms with Crippen molar-refractivity contribution in [3.63, 3.8) is 0 Å². The first-order valence-corrected chi connectivity index (χ1v) is 7.33. The summed E-state index contributed by atoms with van der Waals surface area (Å²) < 4.78 is 5.43. The van der Waals surface area contributed by atoms with Gasteiger partial charge in [-0.2, -0.15) is 0 Å². The van der Waals surface area contributed by atoms with Crippen LogP contribution in [0.1, 0.15) is 58.3 Å². The molecule has 1 heterocycles. The fraction of sp³-hybridized carbons (Fsp3) is 1.00. The molecule has 0 bridgehead atoms. The van der Waals surface area contributed by atoms with Gasteiger partial charge < -0.3 is 20.1 Å². The lowest BCUT2D eigenvalue weighted by atomic mass is 10.0. The van der Waals surface area contributed by atoms with E-state index >= 15 is 0 Å². The van der Waals surface area contributed by atoms with E-state index in [2.05, 4.69) is 6.92 Å². The van der Waals surface area contributed by atoms with Crippen molar-refractivity contribution in [2.75, 3.05) is 6.61 Å². The third-order valence-corrected chi connectivity index (χ3v) is 3.73. The molecule has 0 aromatic heterocycles. The van der Waals surface area contributed by atoms with Gasteiger partial charge in [0, 0.05) is 0 Å². The third-order valence-electron chi connectivity index (χ3n) is 3.73. The molecule has 0 aromatic carbocycles. The van der Waals surface area contributed by atoms with Gasteiger partial charge in [-0.3, -0.25) is 0 Å². The van der Waals surface area contributed by atoms with E-state index in [4.69, 9.17) is 9.84 Å². The molecule has 1 rings (SSSR count). The van der Waals surface area contributed by atoms with E-state index in [0.717, 1.165) is 19.3 Å². The normalized spacial score (nSPS) is 32.0. The minimum absolute atomic E-state index is 0.230. The average Bonchev–Trinajstić information content (AvgIpc) is 2.65. The standard InChI is InChI=1S/C14H28O4/c1-2-3-4-5-6-7-8-9-11-13(16)14(17)12(10-15)18-11/h11-17H,2-10H2,1H3/t11-,12-,13+,14+/m0/s1. The first-order valence-electron chi connectivity index (χ1n) is 7.33. The van der Waals surface area contributed by atoms with E-state index in [0.29, 0.717) is 0 Å². The number of hydrogen-bond donors (Lipinski definition) is 3. The van der Waals surface area contributed by atoms with E-state index in [1.807, 2.05) is 0 Å². The Morgan fingerprint density at radius 3 is 1.94 bits per heavy atom. The number of aliphatic hydroxyl groups is 3. The summed E-state index contributed by atoms with van der Waals surface area (Å²) in [4.78, 5) is 0. The smallest absolute Gasteiger partial charge is 0.111 e. The molecule has 4 nitrogen and oxygen atoms in total. The molecule has 1 aliphatic heterocycles. The van der Waals surface area contributed by atoms with Crippen LogP contribution in [0.15, 0.2) is 0 Å². The zero-order chi connectivity index (χ0) is 13.4. The van der Waals surface area contributed by atoms with Crippen LogP contribution in [0.3, 0.4) is 0 Å². The van der Waals surface area contributed by atoms with Crippen molar-refractivity contribution in [1.29, 1.82) is 0 Å². The number of hydrogen-bond acceptors (Lipinski definition) is 4. The summed E-state index contributed by atoms with van der Waals surface area (Å²) in [5.74, 6) is 0. The first kappa shape index (κ1) is 15.9. The maximum atomic E-state index is 9.75. The molecule has 108 valence electrons. The minimum Gasteiger partial charge on any atom is -0.394 e. The highest BCUT2D eigenvalue weighted by molar-refractivity contribution is 4.89. The van der Waals surface area contributed by atoms with Crippen molar-refractivity contribution >= 4 is 0 Å². The van der Waals surface area contributed by atoms with Gasteiger partial charge in [-0.25, -0.2) is 0 Å². The van der Waals surface area contributed by atoms with Crippen LogP contribution in [0.4, 0.5) is 0 Å². The van der Waals surface area contributed by atoms with E-state index in [-0.39, 0.29) is 12.7 Å². The second kappa shape index (κ2) is 8.86. The van der Waals surface area contributed by atoms with Crippen LogP contribution in [-0.4, -0.2) is 46.3 Å². The van der Waals surface area contributed by atoms with E-state index < -0.39 is 18.3 Å². The second-order valence-corrected chi connectivity index (χ2v) is 5.29. The van der Waals surface area contributed by atoms with Crippen LogP contribution >= 0.6 is 0 Å². The molecule has 0 amide bonds. The van der Waals surface area contributed by atoms with Crippen LogP contribution in [0.2, 0.25) is 0 Å². The number of unbranched alkanes of at least 4 members (excludes halogenated alkanes) is 6. The van der Waals surface area contributed by atoms with E-state index in [1.165, 1.54) is 32.1 Å². The van der Waals surface area contributed by atoms with Crippen molar-refractivity contribution in [1.82, 2.24) is 0 Å². The second-order valence-electron chi connectivity index (χ2n) is 5.29. The third kappa shape index (κ3) is 4.84. The van der Waals surface area contributed by atoms with Crippen LogP contribution in [0.25, 0.3) is 0 Å². The van der Waals surface area contributed by atoms with Gasteiger partial charge in [-0.05, 0) is 6.42 Å². The molecule has 0 unspecified atom stereocenters. The van der Waals surface area contributed by atoms with Gasteiger partial charge in [0.1, 0.15) is 18.3 Å². The summed E-state index contributed by atoms with van der Waals surface area (Å²) >= 11 is 0. The lowest BCUT2D eigenvalue weighted by Gasteiger charge is -2.14. The molecule has 1 fully saturated rings. The molecule has 3 N–H and O–H groups in total. The largest absolute Gasteiger partial charge is 0.394 e. The summed E-state index contributed by atoms with van der Waals surface area (Å²) in [5, 5.41) is 28.3. The summed E-state index contributed by atoms with van der Waals surface area (Å²) in [5.41, 5.74) is 0. The van der Waals surface area contributed by atoms with Crippen molar-refractivity contribution in [3.05, 3.63) is 0 Å². The van der Waals surface area contributed by atoms with Crippen molar-refractivity contribution in [3.8, 4) is 0 Å². The molecular weight excluding hydrogens is 232 g/mol. The lowest BCUT2D eigenvalue weighted by Crippen LogP contribution is -2.33. The monoisotopic (exact) mass is 260 g/mol. The molecule has 4 atom stereocenters. The van der Waals surface area contributed by atoms with Gasteiger partial charge >= 0.3 is 0 Å². The SMILES string of the molecule is CCCCCCCCC[C@@H]1O[C@@H](CO)[C@@H](O)[C@@H]1O. The van der Waals surface area contributed by atoms with Gasteiger partial charge in [0.25, 0.3) is 0 Å². The van der Waals surface area contributed by atoms with Gasteiger partial charge in [0.15, 0.2) is 0 Å². The van der Waals surface area contributed by atoms with Gasteiger partial charge in [0.2, 0.25) is 0 Å². The topological polar surface area (TPSA) is 69.9 Å². The zero-order valence-electron chi connectivity index (χ0n) is 11.4. The fourth-order valence-corrected chi connectivity index (χ4v) is 2.52. The highest BCUT2D eigenvalue weighted by atomic mass is 16.6. The molecule has 1 saturated heterocycles. The molecule has 0 aromatic rings. The van der Waals surface area contributed by atoms with Crippen LogP contribution in [-0.2, 0) is 4.74 Å². The van der Waals surface area contributed by atoms with Gasteiger partial charge in [-0.15, -0.1) is 0 Å². The predicted octanol–water partition coefficient (Wildman–Crippen LogP) is 1.61. The molecule has 0 aliphatic carbocycles. The lowest BCUT2D eigenvalue weighted by molar-refractivity contribution is -0.0246. The number of ether oxygens (including phenoxy) is 1. The Morgan fingerprint density at radius 2 is 1.39 bits per heavy atom. The van der Waals surface area contributed by atoms with E-state index in [1.54, 1.807) is 0 Å². The summed E-state index contributed by atoms with van der Waals surface area (Å²) in [6.07, 6.45) is 6.62. The molecule has 18 heavy (non-hydrogen) atoms. The summed E-state index contributed by atoms with van der Waals surface area (Å²) in [6, 6.07) is 0. The highest BCUT2D eigenvalue weighted by Gasteiger charge is 2.41. The number of aliphatic hydroxyl groups excluding tert-OH is 3. The zero-order valence-corrected chi connectivity index (χ0v) is 11.4. The maximum Gasteiger partial charge on any atom is 0.111 e. The van der Waals surface area contributed by atoms with Crippen LogP contribution < -0.4 is 0 Å². The molecule has 1 aliphatic rings. The van der Waals surface area contributed by atoms with E-state index in [9.17, 15) is 10.2 Å². The first-order chi connectivity index (χ1) is 8.70. The molecule has 0 spiro atoms. The fourth-order valence-electron chi connectivity index (χ4n) is 2.52. The average molecular weight is 260 g/mol. The molecule has 0 saturated carbocycles.